The summed E-state index contributed by atoms with van der Waals surface area (Å²) in [6.07, 6.45) is 1.16. The van der Waals surface area contributed by atoms with E-state index in [-0.39, 0.29) is 16.9 Å². The first-order valence-corrected chi connectivity index (χ1v) is 7.25. The zero-order valence-corrected chi connectivity index (χ0v) is 12.1. The van der Waals surface area contributed by atoms with Crippen LogP contribution in [0.4, 0.5) is 4.39 Å². The predicted molar refractivity (Wildman–Crippen MR) is 80.5 cm³/mol. The Bertz CT molecular complexity index is 599. The molecule has 3 heteroatoms. The van der Waals surface area contributed by atoms with Crippen molar-refractivity contribution in [3.05, 3.63) is 70.5 Å². The maximum atomic E-state index is 13.3. The van der Waals surface area contributed by atoms with Crippen LogP contribution in [0.5, 0.6) is 0 Å². The molecule has 1 nitrogen and oxygen atoms in total. The average molecular weight is 290 g/mol. The summed E-state index contributed by atoms with van der Waals surface area (Å²) in [7, 11) is 1.95. The van der Waals surface area contributed by atoms with Crippen molar-refractivity contribution in [1.29, 1.82) is 0 Å². The van der Waals surface area contributed by atoms with E-state index in [9.17, 15) is 4.39 Å². The molecule has 0 heterocycles. The van der Waals surface area contributed by atoms with E-state index in [0.717, 1.165) is 12.0 Å². The summed E-state index contributed by atoms with van der Waals surface area (Å²) < 4.78 is 13.3. The number of rotatable bonds is 4. The van der Waals surface area contributed by atoms with Crippen molar-refractivity contribution in [3.63, 3.8) is 0 Å². The van der Waals surface area contributed by atoms with Crippen molar-refractivity contribution in [2.24, 2.45) is 5.92 Å². The van der Waals surface area contributed by atoms with Crippen LogP contribution in [-0.4, -0.2) is 7.05 Å². The summed E-state index contributed by atoms with van der Waals surface area (Å²) >= 11 is 5.89. The van der Waals surface area contributed by atoms with Gasteiger partial charge in [0, 0.05) is 6.04 Å². The minimum Gasteiger partial charge on any atom is -0.313 e. The van der Waals surface area contributed by atoms with Gasteiger partial charge in [-0.1, -0.05) is 48.0 Å². The molecular formula is C17H17ClFN. The van der Waals surface area contributed by atoms with Crippen LogP contribution in [0.25, 0.3) is 0 Å². The van der Waals surface area contributed by atoms with Gasteiger partial charge in [-0.2, -0.15) is 0 Å². The molecule has 0 bridgehead atoms. The molecule has 1 fully saturated rings. The lowest BCUT2D eigenvalue weighted by Gasteiger charge is -2.17. The van der Waals surface area contributed by atoms with Crippen LogP contribution >= 0.6 is 11.6 Å². The summed E-state index contributed by atoms with van der Waals surface area (Å²) in [5, 5.41) is 3.54. The van der Waals surface area contributed by atoms with Crippen LogP contribution < -0.4 is 5.32 Å². The second-order valence-corrected chi connectivity index (χ2v) is 5.76. The van der Waals surface area contributed by atoms with Crippen LogP contribution in [0.3, 0.4) is 0 Å². The van der Waals surface area contributed by atoms with Gasteiger partial charge in [-0.25, -0.2) is 4.39 Å². The van der Waals surface area contributed by atoms with Crippen molar-refractivity contribution in [2.75, 3.05) is 7.05 Å². The quantitative estimate of drug-likeness (QED) is 0.871. The fourth-order valence-corrected chi connectivity index (χ4v) is 3.19. The first-order valence-electron chi connectivity index (χ1n) is 6.88. The molecule has 1 saturated carbocycles. The van der Waals surface area contributed by atoms with E-state index in [1.807, 2.05) is 19.2 Å². The highest BCUT2D eigenvalue weighted by atomic mass is 35.5. The molecule has 20 heavy (non-hydrogen) atoms. The summed E-state index contributed by atoms with van der Waals surface area (Å²) in [6, 6.07) is 15.8. The molecule has 1 N–H and O–H groups in total. The smallest absolute Gasteiger partial charge is 0.141 e. The first kappa shape index (κ1) is 13.6. The van der Waals surface area contributed by atoms with E-state index in [1.54, 1.807) is 6.07 Å². The van der Waals surface area contributed by atoms with E-state index in [1.165, 1.54) is 11.6 Å². The minimum absolute atomic E-state index is 0.194. The van der Waals surface area contributed by atoms with E-state index < -0.39 is 0 Å². The zero-order valence-electron chi connectivity index (χ0n) is 11.3. The first-order chi connectivity index (χ1) is 9.70. The van der Waals surface area contributed by atoms with E-state index in [4.69, 9.17) is 11.6 Å². The predicted octanol–water partition coefficient (Wildman–Crippen LogP) is 4.54. The third-order valence-corrected chi connectivity index (χ3v) is 4.40. The Labute approximate surface area is 123 Å². The van der Waals surface area contributed by atoms with Crippen LogP contribution in [-0.2, 0) is 0 Å². The van der Waals surface area contributed by atoms with E-state index in [2.05, 4.69) is 29.6 Å². The molecule has 0 aliphatic heterocycles. The van der Waals surface area contributed by atoms with Gasteiger partial charge in [0.25, 0.3) is 0 Å². The van der Waals surface area contributed by atoms with Crippen molar-refractivity contribution in [3.8, 4) is 0 Å². The van der Waals surface area contributed by atoms with Gasteiger partial charge in [0.2, 0.25) is 0 Å². The molecule has 104 valence electrons. The molecular weight excluding hydrogens is 273 g/mol. The van der Waals surface area contributed by atoms with Crippen molar-refractivity contribution in [2.45, 2.75) is 18.4 Å². The molecule has 0 spiro atoms. The monoisotopic (exact) mass is 289 g/mol. The molecule has 0 saturated heterocycles. The summed E-state index contributed by atoms with van der Waals surface area (Å²) in [5.41, 5.74) is 2.44. The number of hydrogen-bond acceptors (Lipinski definition) is 1. The molecule has 2 aromatic rings. The highest BCUT2D eigenvalue weighted by Gasteiger charge is 2.43. The van der Waals surface area contributed by atoms with E-state index >= 15 is 0 Å². The Kier molecular flexibility index (Phi) is 3.77. The number of nitrogens with one attached hydrogen (secondary N) is 1. The maximum absolute atomic E-state index is 13.3. The number of hydrogen-bond donors (Lipinski definition) is 1. The fraction of sp³-hybridized carbons (Fsp3) is 0.294. The summed E-state index contributed by atoms with van der Waals surface area (Å²) in [5.74, 6) is 0.766. The van der Waals surface area contributed by atoms with Gasteiger partial charge in [-0.05, 0) is 48.6 Å². The third kappa shape index (κ3) is 2.58. The Hall–Kier alpha value is -1.38. The Balaban J connectivity index is 1.80. The lowest BCUT2D eigenvalue weighted by Crippen LogP contribution is -2.19. The third-order valence-electron chi connectivity index (χ3n) is 4.11. The van der Waals surface area contributed by atoms with Gasteiger partial charge in [-0.3, -0.25) is 0 Å². The molecule has 0 amide bonds. The van der Waals surface area contributed by atoms with Crippen molar-refractivity contribution < 1.29 is 4.39 Å². The van der Waals surface area contributed by atoms with Crippen LogP contribution in [0.15, 0.2) is 48.5 Å². The Morgan fingerprint density at radius 2 is 1.95 bits per heavy atom. The summed E-state index contributed by atoms with van der Waals surface area (Å²) in [6.45, 7) is 0. The van der Waals surface area contributed by atoms with Gasteiger partial charge in [0.15, 0.2) is 0 Å². The molecule has 3 unspecified atom stereocenters. The Morgan fingerprint density at radius 3 is 2.60 bits per heavy atom. The maximum Gasteiger partial charge on any atom is 0.141 e. The number of halogens is 2. The summed E-state index contributed by atoms with van der Waals surface area (Å²) in [4.78, 5) is 0. The standard InChI is InChI=1S/C17H17ClFN/c1-20-17(12-7-8-16(19)15(18)9-12)14-10-13(14)11-5-3-2-4-6-11/h2-9,13-14,17,20H,10H2,1H3. The lowest BCUT2D eigenvalue weighted by atomic mass is 9.99. The second kappa shape index (κ2) is 5.55. The lowest BCUT2D eigenvalue weighted by molar-refractivity contribution is 0.516. The average Bonchev–Trinajstić information content (AvgIpc) is 3.25. The molecule has 2 aromatic carbocycles. The molecule has 1 aliphatic rings. The zero-order chi connectivity index (χ0) is 14.1. The molecule has 3 atom stereocenters. The van der Waals surface area contributed by atoms with Gasteiger partial charge < -0.3 is 5.32 Å². The normalized spacial score (nSPS) is 22.6. The second-order valence-electron chi connectivity index (χ2n) is 5.36. The molecule has 0 radical (unpaired) electrons. The molecule has 3 rings (SSSR count). The molecule has 1 aliphatic carbocycles. The van der Waals surface area contributed by atoms with Crippen molar-refractivity contribution >= 4 is 11.6 Å². The van der Waals surface area contributed by atoms with Crippen LogP contribution in [0.2, 0.25) is 5.02 Å². The fourth-order valence-electron chi connectivity index (χ4n) is 3.00. The van der Waals surface area contributed by atoms with Gasteiger partial charge in [0.1, 0.15) is 5.82 Å². The van der Waals surface area contributed by atoms with Crippen molar-refractivity contribution in [1.82, 2.24) is 5.32 Å². The highest BCUT2D eigenvalue weighted by Crippen LogP contribution is 2.54. The van der Waals surface area contributed by atoms with Crippen LogP contribution in [0.1, 0.15) is 29.5 Å². The minimum atomic E-state index is -0.360. The highest BCUT2D eigenvalue weighted by molar-refractivity contribution is 6.30. The van der Waals surface area contributed by atoms with E-state index in [0.29, 0.717) is 11.8 Å². The SMILES string of the molecule is CNC(c1ccc(F)c(Cl)c1)C1CC1c1ccccc1. The van der Waals surface area contributed by atoms with Gasteiger partial charge in [0.05, 0.1) is 5.02 Å². The Morgan fingerprint density at radius 1 is 1.20 bits per heavy atom. The topological polar surface area (TPSA) is 12.0 Å². The number of benzene rings is 2. The van der Waals surface area contributed by atoms with Crippen LogP contribution in [0, 0.1) is 11.7 Å². The molecule has 0 aromatic heterocycles. The largest absolute Gasteiger partial charge is 0.313 e. The van der Waals surface area contributed by atoms with Gasteiger partial charge in [-0.15, -0.1) is 0 Å². The van der Waals surface area contributed by atoms with Gasteiger partial charge >= 0.3 is 0 Å².